The maximum atomic E-state index is 12.7. The first kappa shape index (κ1) is 17.0. The first-order valence-corrected chi connectivity index (χ1v) is 8.42. The van der Waals surface area contributed by atoms with Gasteiger partial charge < -0.3 is 9.88 Å². The van der Waals surface area contributed by atoms with Crippen molar-refractivity contribution in [3.05, 3.63) is 82.4 Å². The van der Waals surface area contributed by atoms with Gasteiger partial charge in [-0.15, -0.1) is 0 Å². The van der Waals surface area contributed by atoms with Gasteiger partial charge >= 0.3 is 0 Å². The lowest BCUT2D eigenvalue weighted by Gasteiger charge is -2.11. The van der Waals surface area contributed by atoms with Crippen molar-refractivity contribution in [1.29, 1.82) is 0 Å². The number of nitrogens with zero attached hydrogens (tertiary/aromatic N) is 2. The molecule has 4 nitrogen and oxygen atoms in total. The largest absolute Gasteiger partial charge is 0.346 e. The van der Waals surface area contributed by atoms with Crippen LogP contribution in [-0.4, -0.2) is 15.5 Å². The smallest absolute Gasteiger partial charge is 0.253 e. The van der Waals surface area contributed by atoms with E-state index in [1.54, 1.807) is 6.20 Å². The molecule has 0 bridgehead atoms. The van der Waals surface area contributed by atoms with E-state index in [4.69, 9.17) is 0 Å². The van der Waals surface area contributed by atoms with E-state index in [-0.39, 0.29) is 5.91 Å². The average molecular weight is 333 g/mol. The van der Waals surface area contributed by atoms with Crippen molar-refractivity contribution in [3.8, 4) is 5.69 Å². The minimum atomic E-state index is -0.0722. The molecular formula is C21H23N3O. The van der Waals surface area contributed by atoms with Gasteiger partial charge in [-0.05, 0) is 63.1 Å². The van der Waals surface area contributed by atoms with Gasteiger partial charge in [-0.1, -0.05) is 18.2 Å². The van der Waals surface area contributed by atoms with Gasteiger partial charge in [-0.2, -0.15) is 0 Å². The summed E-state index contributed by atoms with van der Waals surface area (Å²) < 4.78 is 2.12. The fraction of sp³-hybridized carbons (Fsp3) is 0.238. The molecule has 0 atom stereocenters. The zero-order chi connectivity index (χ0) is 18.0. The number of aryl methyl sites for hydroxylation is 3. The minimum absolute atomic E-state index is 0.0722. The molecular weight excluding hydrogens is 310 g/mol. The highest BCUT2D eigenvalue weighted by atomic mass is 16.1. The van der Waals surface area contributed by atoms with Gasteiger partial charge in [0.1, 0.15) is 0 Å². The van der Waals surface area contributed by atoms with Gasteiger partial charge in [0.2, 0.25) is 0 Å². The van der Waals surface area contributed by atoms with Crippen molar-refractivity contribution in [2.75, 3.05) is 0 Å². The monoisotopic (exact) mass is 333 g/mol. The van der Waals surface area contributed by atoms with E-state index in [9.17, 15) is 4.79 Å². The Morgan fingerprint density at radius 2 is 1.88 bits per heavy atom. The number of amides is 1. The number of hydrogen-bond acceptors (Lipinski definition) is 2. The van der Waals surface area contributed by atoms with Crippen LogP contribution in [0.15, 0.2) is 48.7 Å². The number of rotatable bonds is 4. The predicted molar refractivity (Wildman–Crippen MR) is 100 cm³/mol. The molecule has 0 unspecified atom stereocenters. The fourth-order valence-electron chi connectivity index (χ4n) is 3.12. The van der Waals surface area contributed by atoms with Gasteiger partial charge in [0.15, 0.2) is 0 Å². The zero-order valence-electron chi connectivity index (χ0n) is 15.1. The molecule has 0 spiro atoms. The molecule has 0 saturated carbocycles. The average Bonchev–Trinajstić information content (AvgIpc) is 2.88. The van der Waals surface area contributed by atoms with E-state index in [0.29, 0.717) is 12.1 Å². The van der Waals surface area contributed by atoms with E-state index in [2.05, 4.69) is 40.0 Å². The van der Waals surface area contributed by atoms with Crippen molar-refractivity contribution in [1.82, 2.24) is 14.9 Å². The fourth-order valence-corrected chi connectivity index (χ4v) is 3.12. The lowest BCUT2D eigenvalue weighted by atomic mass is 10.2. The predicted octanol–water partition coefficient (Wildman–Crippen LogP) is 4.04. The summed E-state index contributed by atoms with van der Waals surface area (Å²) in [7, 11) is 0. The third-order valence-electron chi connectivity index (χ3n) is 4.47. The first-order valence-electron chi connectivity index (χ1n) is 8.42. The van der Waals surface area contributed by atoms with Crippen molar-refractivity contribution in [3.63, 3.8) is 0 Å². The van der Waals surface area contributed by atoms with E-state index < -0.39 is 0 Å². The number of hydrogen-bond donors (Lipinski definition) is 1. The lowest BCUT2D eigenvalue weighted by Crippen LogP contribution is -2.24. The summed E-state index contributed by atoms with van der Waals surface area (Å²) in [6.45, 7) is 8.50. The van der Waals surface area contributed by atoms with Crippen LogP contribution in [0.2, 0.25) is 0 Å². The van der Waals surface area contributed by atoms with Crippen molar-refractivity contribution >= 4 is 5.91 Å². The summed E-state index contributed by atoms with van der Waals surface area (Å²) in [5, 5.41) is 2.99. The van der Waals surface area contributed by atoms with Crippen LogP contribution in [0.3, 0.4) is 0 Å². The highest BCUT2D eigenvalue weighted by Crippen LogP contribution is 2.21. The number of benzene rings is 1. The Kier molecular flexibility index (Phi) is 4.70. The number of pyridine rings is 1. The Morgan fingerprint density at radius 1 is 1.08 bits per heavy atom. The number of nitrogens with one attached hydrogen (secondary N) is 1. The van der Waals surface area contributed by atoms with Crippen LogP contribution in [-0.2, 0) is 6.54 Å². The Balaban J connectivity index is 1.85. The lowest BCUT2D eigenvalue weighted by molar-refractivity contribution is 0.0950. The number of aromatic nitrogens is 2. The summed E-state index contributed by atoms with van der Waals surface area (Å²) in [6, 6.07) is 14.1. The zero-order valence-corrected chi connectivity index (χ0v) is 15.1. The topological polar surface area (TPSA) is 46.9 Å². The van der Waals surface area contributed by atoms with E-state index in [0.717, 1.165) is 28.3 Å². The molecule has 4 heteroatoms. The summed E-state index contributed by atoms with van der Waals surface area (Å²) >= 11 is 0. The SMILES string of the molecule is Cc1cccc(-n2c(C)cc(C(=O)NCc3ncccc3C)c2C)c1. The molecule has 0 aliphatic carbocycles. The van der Waals surface area contributed by atoms with Crippen molar-refractivity contribution in [2.24, 2.45) is 0 Å². The minimum Gasteiger partial charge on any atom is -0.346 e. The van der Waals surface area contributed by atoms with Crippen LogP contribution in [0.1, 0.15) is 38.6 Å². The molecule has 0 saturated heterocycles. The van der Waals surface area contributed by atoms with Crippen molar-refractivity contribution < 1.29 is 4.79 Å². The third-order valence-corrected chi connectivity index (χ3v) is 4.47. The molecule has 1 amide bonds. The van der Waals surface area contributed by atoms with Gasteiger partial charge in [-0.25, -0.2) is 0 Å². The maximum Gasteiger partial charge on any atom is 0.253 e. The second-order valence-corrected chi connectivity index (χ2v) is 6.41. The van der Waals surface area contributed by atoms with Gasteiger partial charge in [-0.3, -0.25) is 9.78 Å². The Bertz CT molecular complexity index is 925. The summed E-state index contributed by atoms with van der Waals surface area (Å²) in [4.78, 5) is 17.0. The molecule has 128 valence electrons. The van der Waals surface area contributed by atoms with Crippen LogP contribution in [0.25, 0.3) is 5.69 Å². The first-order chi connectivity index (χ1) is 12.0. The Morgan fingerprint density at radius 3 is 2.60 bits per heavy atom. The second-order valence-electron chi connectivity index (χ2n) is 6.41. The van der Waals surface area contributed by atoms with Gasteiger partial charge in [0, 0.05) is 23.3 Å². The van der Waals surface area contributed by atoms with E-state index in [1.165, 1.54) is 5.56 Å². The van der Waals surface area contributed by atoms with Gasteiger partial charge in [0.25, 0.3) is 5.91 Å². The van der Waals surface area contributed by atoms with Crippen LogP contribution >= 0.6 is 0 Å². The van der Waals surface area contributed by atoms with Gasteiger partial charge in [0.05, 0.1) is 17.8 Å². The molecule has 1 N–H and O–H groups in total. The molecule has 0 aliphatic heterocycles. The highest BCUT2D eigenvalue weighted by Gasteiger charge is 2.16. The molecule has 0 radical (unpaired) electrons. The van der Waals surface area contributed by atoms with Crippen LogP contribution in [0, 0.1) is 27.7 Å². The molecule has 3 rings (SSSR count). The molecule has 3 aromatic rings. The van der Waals surface area contributed by atoms with Crippen LogP contribution in [0.5, 0.6) is 0 Å². The molecule has 0 fully saturated rings. The molecule has 2 aromatic heterocycles. The van der Waals surface area contributed by atoms with E-state index in [1.807, 2.05) is 45.0 Å². The van der Waals surface area contributed by atoms with Crippen LogP contribution in [0.4, 0.5) is 0 Å². The highest BCUT2D eigenvalue weighted by molar-refractivity contribution is 5.95. The maximum absolute atomic E-state index is 12.7. The number of carbonyl (C=O) groups is 1. The van der Waals surface area contributed by atoms with Crippen LogP contribution < -0.4 is 5.32 Å². The molecule has 25 heavy (non-hydrogen) atoms. The van der Waals surface area contributed by atoms with Crippen molar-refractivity contribution in [2.45, 2.75) is 34.2 Å². The Labute approximate surface area is 148 Å². The molecule has 1 aromatic carbocycles. The Hall–Kier alpha value is -2.88. The summed E-state index contributed by atoms with van der Waals surface area (Å²) in [5.74, 6) is -0.0722. The second kappa shape index (κ2) is 6.93. The normalized spacial score (nSPS) is 10.7. The number of carbonyl (C=O) groups excluding carboxylic acids is 1. The quantitative estimate of drug-likeness (QED) is 0.783. The molecule has 2 heterocycles. The summed E-state index contributed by atoms with van der Waals surface area (Å²) in [5.41, 5.74) is 6.93. The summed E-state index contributed by atoms with van der Waals surface area (Å²) in [6.07, 6.45) is 1.75. The van der Waals surface area contributed by atoms with E-state index >= 15 is 0 Å². The molecule has 0 aliphatic rings. The standard InChI is InChI=1S/C21H23N3O/c1-14-7-5-9-18(11-14)24-16(3)12-19(17(24)4)21(25)23-13-20-15(2)8-6-10-22-20/h5-12H,13H2,1-4H3,(H,23,25). The third kappa shape index (κ3) is 3.48.